The van der Waals surface area contributed by atoms with E-state index < -0.39 is 22.9 Å². The summed E-state index contributed by atoms with van der Waals surface area (Å²) in [4.78, 5) is 21.4. The molecule has 2 rings (SSSR count). The van der Waals surface area contributed by atoms with E-state index in [2.05, 4.69) is 5.10 Å². The maximum Gasteiger partial charge on any atom is 0.433 e. The van der Waals surface area contributed by atoms with E-state index in [1.54, 1.807) is 0 Å². The number of carbonyl (C=O) groups is 1. The molecule has 0 saturated heterocycles. The van der Waals surface area contributed by atoms with Crippen molar-refractivity contribution < 1.29 is 27.6 Å². The van der Waals surface area contributed by atoms with Crippen molar-refractivity contribution in [1.29, 1.82) is 0 Å². The Kier molecular flexibility index (Phi) is 4.20. The number of non-ortho nitro benzene ring substituents is 1. The highest BCUT2D eigenvalue weighted by atomic mass is 19.4. The Balaban J connectivity index is 2.04. The minimum atomic E-state index is -4.61. The number of amides is 1. The number of nitrogens with one attached hydrogen (secondary N) is 1. The average Bonchev–Trinajstić information content (AvgIpc) is 2.80. The molecule has 1 amide bonds. The molecule has 0 aliphatic rings. The van der Waals surface area contributed by atoms with Crippen molar-refractivity contribution in [3.8, 4) is 5.75 Å². The van der Waals surface area contributed by atoms with E-state index in [1.165, 1.54) is 12.1 Å². The van der Waals surface area contributed by atoms with Gasteiger partial charge in [0.15, 0.2) is 5.82 Å². The molecule has 1 N–H and O–H groups in total. The lowest BCUT2D eigenvalue weighted by molar-refractivity contribution is -0.384. The van der Waals surface area contributed by atoms with Gasteiger partial charge in [-0.1, -0.05) is 0 Å². The number of anilines is 1. The molecule has 0 atom stereocenters. The fraction of sp³-hybridized carbons (Fsp3) is 0.167. The number of alkyl halides is 3. The highest BCUT2D eigenvalue weighted by Crippen LogP contribution is 2.30. The molecule has 1 aromatic heterocycles. The van der Waals surface area contributed by atoms with Crippen molar-refractivity contribution in [3.05, 3.63) is 46.1 Å². The average molecular weight is 330 g/mol. The van der Waals surface area contributed by atoms with Crippen molar-refractivity contribution in [1.82, 2.24) is 9.78 Å². The second-order valence-corrected chi connectivity index (χ2v) is 4.30. The number of rotatable bonds is 3. The highest BCUT2D eigenvalue weighted by molar-refractivity contribution is 5.85. The van der Waals surface area contributed by atoms with Gasteiger partial charge < -0.3 is 4.74 Å². The summed E-state index contributed by atoms with van der Waals surface area (Å²) >= 11 is 0. The van der Waals surface area contributed by atoms with E-state index in [1.807, 2.05) is 5.32 Å². The van der Waals surface area contributed by atoms with Gasteiger partial charge in [-0.2, -0.15) is 18.3 Å². The van der Waals surface area contributed by atoms with Crippen molar-refractivity contribution in [2.24, 2.45) is 7.05 Å². The molecule has 0 bridgehead atoms. The predicted octanol–water partition coefficient (Wildman–Crippen LogP) is 2.96. The zero-order valence-electron chi connectivity index (χ0n) is 11.5. The van der Waals surface area contributed by atoms with Gasteiger partial charge >= 0.3 is 12.3 Å². The topological polar surface area (TPSA) is 99.3 Å². The molecule has 0 saturated carbocycles. The number of halogens is 3. The zero-order chi connectivity index (χ0) is 17.2. The summed E-state index contributed by atoms with van der Waals surface area (Å²) in [5.74, 6) is -0.355. The first-order valence-electron chi connectivity index (χ1n) is 6.01. The smallest absolute Gasteiger partial charge is 0.410 e. The molecule has 0 aliphatic carbocycles. The third-order valence-corrected chi connectivity index (χ3v) is 2.66. The number of hydrogen-bond acceptors (Lipinski definition) is 5. The Labute approximate surface area is 126 Å². The van der Waals surface area contributed by atoms with Gasteiger partial charge in [-0.25, -0.2) is 4.79 Å². The number of carbonyl (C=O) groups excluding carboxylic acids is 1. The molecule has 11 heteroatoms. The number of nitrogens with zero attached hydrogens (tertiary/aromatic N) is 3. The lowest BCUT2D eigenvalue weighted by Crippen LogP contribution is -2.17. The van der Waals surface area contributed by atoms with Gasteiger partial charge in [0.2, 0.25) is 0 Å². The Morgan fingerprint density at radius 2 is 1.96 bits per heavy atom. The van der Waals surface area contributed by atoms with Gasteiger partial charge in [-0.05, 0) is 12.1 Å². The molecule has 0 aliphatic heterocycles. The standard InChI is InChI=1S/C12H9F3N4O4/c1-18-9(12(13,14)15)6-10(17-18)16-11(20)23-8-4-2-7(3-5-8)19(21)22/h2-6H,1H3,(H,16,17,20). The van der Waals surface area contributed by atoms with Gasteiger partial charge in [0.1, 0.15) is 11.4 Å². The van der Waals surface area contributed by atoms with Crippen LogP contribution in [-0.4, -0.2) is 20.8 Å². The Hall–Kier alpha value is -3.11. The van der Waals surface area contributed by atoms with Gasteiger partial charge in [0.25, 0.3) is 5.69 Å². The lowest BCUT2D eigenvalue weighted by atomic mass is 10.3. The van der Waals surface area contributed by atoms with Crippen LogP contribution in [0, 0.1) is 10.1 Å². The highest BCUT2D eigenvalue weighted by Gasteiger charge is 2.35. The second kappa shape index (κ2) is 5.94. The SMILES string of the molecule is Cn1nc(NC(=O)Oc2ccc([N+](=O)[O-])cc2)cc1C(F)(F)F. The Morgan fingerprint density at radius 3 is 2.43 bits per heavy atom. The van der Waals surface area contributed by atoms with Crippen LogP contribution < -0.4 is 10.1 Å². The molecule has 1 heterocycles. The van der Waals surface area contributed by atoms with Gasteiger partial charge in [-0.3, -0.25) is 20.1 Å². The van der Waals surface area contributed by atoms with Gasteiger partial charge in [-0.15, -0.1) is 0 Å². The van der Waals surface area contributed by atoms with E-state index in [4.69, 9.17) is 4.74 Å². The van der Waals surface area contributed by atoms with Crippen LogP contribution in [0.5, 0.6) is 5.75 Å². The molecule has 122 valence electrons. The van der Waals surface area contributed by atoms with Crippen LogP contribution in [-0.2, 0) is 13.2 Å². The maximum atomic E-state index is 12.6. The fourth-order valence-corrected chi connectivity index (χ4v) is 1.67. The van der Waals surface area contributed by atoms with E-state index in [0.29, 0.717) is 10.7 Å². The summed E-state index contributed by atoms with van der Waals surface area (Å²) in [6.07, 6.45) is -5.69. The summed E-state index contributed by atoms with van der Waals surface area (Å²) in [7, 11) is 1.08. The number of nitro groups is 1. The number of benzene rings is 1. The summed E-state index contributed by atoms with van der Waals surface area (Å²) in [6.45, 7) is 0. The first kappa shape index (κ1) is 16.3. The van der Waals surface area contributed by atoms with Crippen LogP contribution in [0.15, 0.2) is 30.3 Å². The fourth-order valence-electron chi connectivity index (χ4n) is 1.67. The molecule has 8 nitrogen and oxygen atoms in total. The normalized spacial score (nSPS) is 11.1. The molecular formula is C12H9F3N4O4. The van der Waals surface area contributed by atoms with E-state index in [9.17, 15) is 28.1 Å². The monoisotopic (exact) mass is 330 g/mol. The van der Waals surface area contributed by atoms with Crippen molar-refractivity contribution >= 4 is 17.6 Å². The van der Waals surface area contributed by atoms with E-state index in [-0.39, 0.29) is 17.3 Å². The third-order valence-electron chi connectivity index (χ3n) is 2.66. The molecule has 0 spiro atoms. The molecule has 1 aromatic carbocycles. The number of aryl methyl sites for hydroxylation is 1. The first-order chi connectivity index (χ1) is 10.7. The lowest BCUT2D eigenvalue weighted by Gasteiger charge is -2.04. The number of hydrogen-bond donors (Lipinski definition) is 1. The maximum absolute atomic E-state index is 12.6. The molecule has 2 aromatic rings. The number of nitro benzene ring substituents is 1. The molecule has 23 heavy (non-hydrogen) atoms. The molecule has 0 radical (unpaired) electrons. The molecular weight excluding hydrogens is 321 g/mol. The summed E-state index contributed by atoms with van der Waals surface area (Å²) in [6, 6.07) is 5.24. The van der Waals surface area contributed by atoms with Crippen molar-refractivity contribution in [3.63, 3.8) is 0 Å². The molecule has 0 fully saturated rings. The van der Waals surface area contributed by atoms with Crippen LogP contribution in [0.25, 0.3) is 0 Å². The van der Waals surface area contributed by atoms with Crippen molar-refractivity contribution in [2.45, 2.75) is 6.18 Å². The zero-order valence-corrected chi connectivity index (χ0v) is 11.5. The van der Waals surface area contributed by atoms with Crippen LogP contribution in [0.2, 0.25) is 0 Å². The Morgan fingerprint density at radius 1 is 1.35 bits per heavy atom. The van der Waals surface area contributed by atoms with E-state index >= 15 is 0 Å². The molecule has 0 unspecified atom stereocenters. The first-order valence-corrected chi connectivity index (χ1v) is 6.01. The van der Waals surface area contributed by atoms with E-state index in [0.717, 1.165) is 19.2 Å². The van der Waals surface area contributed by atoms with Crippen LogP contribution in [0.4, 0.5) is 29.5 Å². The van der Waals surface area contributed by atoms with Crippen LogP contribution in [0.1, 0.15) is 5.69 Å². The summed E-state index contributed by atoms with van der Waals surface area (Å²) in [5, 5.41) is 16.0. The number of aromatic nitrogens is 2. The van der Waals surface area contributed by atoms with Gasteiger partial charge in [0.05, 0.1) is 4.92 Å². The third kappa shape index (κ3) is 3.96. The number of ether oxygens (including phenoxy) is 1. The largest absolute Gasteiger partial charge is 0.433 e. The van der Waals surface area contributed by atoms with Crippen molar-refractivity contribution in [2.75, 3.05) is 5.32 Å². The minimum Gasteiger partial charge on any atom is -0.410 e. The van der Waals surface area contributed by atoms with Crippen LogP contribution >= 0.6 is 0 Å². The summed E-state index contributed by atoms with van der Waals surface area (Å²) < 4.78 is 43.1. The predicted molar refractivity (Wildman–Crippen MR) is 71.0 cm³/mol. The van der Waals surface area contributed by atoms with Gasteiger partial charge in [0, 0.05) is 25.2 Å². The quantitative estimate of drug-likeness (QED) is 0.689. The second-order valence-electron chi connectivity index (χ2n) is 4.30. The summed E-state index contributed by atoms with van der Waals surface area (Å²) in [5.41, 5.74) is -1.24. The minimum absolute atomic E-state index is 0.0138. The van der Waals surface area contributed by atoms with Crippen LogP contribution in [0.3, 0.4) is 0 Å². The Bertz CT molecular complexity index is 740.